The van der Waals surface area contributed by atoms with Gasteiger partial charge in [0.25, 0.3) is 0 Å². The second-order valence-corrected chi connectivity index (χ2v) is 9.15. The van der Waals surface area contributed by atoms with Gasteiger partial charge in [-0.2, -0.15) is 0 Å². The van der Waals surface area contributed by atoms with Crippen molar-refractivity contribution in [3.05, 3.63) is 95.4 Å². The summed E-state index contributed by atoms with van der Waals surface area (Å²) in [6.07, 6.45) is -0.735. The monoisotopic (exact) mass is 497 g/mol. The van der Waals surface area contributed by atoms with Crippen molar-refractivity contribution in [1.82, 2.24) is 14.1 Å². The summed E-state index contributed by atoms with van der Waals surface area (Å²) in [4.78, 5) is 17.5. The smallest absolute Gasteiger partial charge is 0.340 e. The second kappa shape index (κ2) is 10.5. The van der Waals surface area contributed by atoms with Crippen LogP contribution < -0.4 is 4.74 Å². The molecular weight excluding hydrogens is 466 g/mol. The van der Waals surface area contributed by atoms with Gasteiger partial charge in [-0.25, -0.2) is 9.78 Å². The molecule has 5 rings (SSSR count). The van der Waals surface area contributed by atoms with Gasteiger partial charge in [0.05, 0.1) is 29.7 Å². The van der Waals surface area contributed by atoms with Crippen molar-refractivity contribution in [3.63, 3.8) is 0 Å². The lowest BCUT2D eigenvalue weighted by Crippen LogP contribution is -2.24. The molecule has 0 fully saturated rings. The number of nitrogens with zero attached hydrogens (tertiary/aromatic N) is 3. The fraction of sp³-hybridized carbons (Fsp3) is 0.267. The number of ether oxygens (including phenoxy) is 2. The lowest BCUT2D eigenvalue weighted by molar-refractivity contribution is 0.0527. The zero-order chi connectivity index (χ0) is 25.9. The third kappa shape index (κ3) is 4.95. The zero-order valence-corrected chi connectivity index (χ0v) is 21.3. The van der Waals surface area contributed by atoms with E-state index >= 15 is 0 Å². The first-order valence-electron chi connectivity index (χ1n) is 12.5. The Kier molecular flexibility index (Phi) is 6.97. The molecule has 0 amide bonds. The first kappa shape index (κ1) is 24.6. The van der Waals surface area contributed by atoms with Crippen LogP contribution in [0.4, 0.5) is 0 Å². The number of aryl methyl sites for hydroxylation is 1. The number of esters is 1. The van der Waals surface area contributed by atoms with E-state index in [0.717, 1.165) is 39.0 Å². The molecule has 0 aliphatic heterocycles. The van der Waals surface area contributed by atoms with E-state index in [2.05, 4.69) is 21.7 Å². The molecule has 0 radical (unpaired) electrons. The largest absolute Gasteiger partial charge is 0.491 e. The Morgan fingerprint density at radius 2 is 1.73 bits per heavy atom. The number of rotatable bonds is 9. The van der Waals surface area contributed by atoms with Gasteiger partial charge in [-0.05, 0) is 56.7 Å². The number of imidazole rings is 1. The van der Waals surface area contributed by atoms with Crippen LogP contribution in [0.25, 0.3) is 21.9 Å². The molecule has 0 saturated heterocycles. The van der Waals surface area contributed by atoms with Gasteiger partial charge in [0, 0.05) is 23.1 Å². The summed E-state index contributed by atoms with van der Waals surface area (Å²) in [6.45, 7) is 7.09. The Morgan fingerprint density at radius 3 is 2.51 bits per heavy atom. The molecule has 0 unspecified atom stereocenters. The number of aromatic nitrogens is 3. The van der Waals surface area contributed by atoms with E-state index in [1.807, 2.05) is 79.1 Å². The number of carbonyl (C=O) groups excluding carboxylic acids is 1. The van der Waals surface area contributed by atoms with Gasteiger partial charge >= 0.3 is 5.97 Å². The number of hydrogen-bond acceptors (Lipinski definition) is 5. The maximum absolute atomic E-state index is 12.9. The van der Waals surface area contributed by atoms with Crippen LogP contribution in [0.2, 0.25) is 0 Å². The molecule has 7 nitrogen and oxygen atoms in total. The van der Waals surface area contributed by atoms with E-state index in [-0.39, 0.29) is 12.6 Å². The van der Waals surface area contributed by atoms with Crippen molar-refractivity contribution in [2.75, 3.05) is 13.2 Å². The molecule has 2 aromatic heterocycles. The quantitative estimate of drug-likeness (QED) is 0.281. The minimum atomic E-state index is -0.735. The Balaban J connectivity index is 1.40. The van der Waals surface area contributed by atoms with Gasteiger partial charge in [-0.1, -0.05) is 42.5 Å². The van der Waals surface area contributed by atoms with Gasteiger partial charge in [0.2, 0.25) is 0 Å². The van der Waals surface area contributed by atoms with Crippen molar-refractivity contribution in [1.29, 1.82) is 0 Å². The van der Waals surface area contributed by atoms with Crippen LogP contribution >= 0.6 is 0 Å². The molecule has 0 aliphatic carbocycles. The normalized spacial score (nSPS) is 12.2. The standard InChI is InChI=1S/C30H31N3O4/c1-4-36-30(35)29-20(2)32(17-22-10-6-5-7-11-22)27-15-14-24(16-25(27)29)37-19-23(34)18-33-21(3)31-26-12-8-9-13-28(26)33/h5-16,23,34H,4,17-19H2,1-3H3/t23-/m0/s1. The van der Waals surface area contributed by atoms with Crippen LogP contribution in [0, 0.1) is 13.8 Å². The molecular formula is C30H31N3O4. The van der Waals surface area contributed by atoms with Crippen molar-refractivity contribution >= 4 is 27.9 Å². The maximum Gasteiger partial charge on any atom is 0.340 e. The molecule has 0 saturated carbocycles. The van der Waals surface area contributed by atoms with Crippen molar-refractivity contribution in [2.45, 2.75) is 40.0 Å². The number of para-hydroxylation sites is 2. The third-order valence-electron chi connectivity index (χ3n) is 6.64. The summed E-state index contributed by atoms with van der Waals surface area (Å²) >= 11 is 0. The maximum atomic E-state index is 12.9. The van der Waals surface area contributed by atoms with Crippen molar-refractivity contribution in [3.8, 4) is 5.75 Å². The van der Waals surface area contributed by atoms with Crippen molar-refractivity contribution < 1.29 is 19.4 Å². The summed E-state index contributed by atoms with van der Waals surface area (Å²) < 4.78 is 15.5. The van der Waals surface area contributed by atoms with Crippen LogP contribution in [0.5, 0.6) is 5.75 Å². The van der Waals surface area contributed by atoms with E-state index in [0.29, 0.717) is 31.0 Å². The number of carbonyl (C=O) groups is 1. The molecule has 5 aromatic rings. The highest BCUT2D eigenvalue weighted by Crippen LogP contribution is 2.31. The summed E-state index contributed by atoms with van der Waals surface area (Å²) in [7, 11) is 0. The summed E-state index contributed by atoms with van der Waals surface area (Å²) in [5.41, 5.74) is 5.34. The molecule has 37 heavy (non-hydrogen) atoms. The Morgan fingerprint density at radius 1 is 0.973 bits per heavy atom. The van der Waals surface area contributed by atoms with E-state index in [1.165, 1.54) is 0 Å². The molecule has 3 aromatic carbocycles. The summed E-state index contributed by atoms with van der Waals surface area (Å²) in [5.74, 6) is 1.08. The summed E-state index contributed by atoms with van der Waals surface area (Å²) in [6, 6.07) is 23.7. The van der Waals surface area contributed by atoms with E-state index in [9.17, 15) is 9.90 Å². The highest BCUT2D eigenvalue weighted by atomic mass is 16.5. The first-order valence-corrected chi connectivity index (χ1v) is 12.5. The lowest BCUT2D eigenvalue weighted by atomic mass is 10.1. The Labute approximate surface area is 215 Å². The Hall–Kier alpha value is -4.10. The van der Waals surface area contributed by atoms with Gasteiger partial charge < -0.3 is 23.7 Å². The highest BCUT2D eigenvalue weighted by Gasteiger charge is 2.22. The molecule has 0 bridgehead atoms. The molecule has 2 heterocycles. The first-order chi connectivity index (χ1) is 18.0. The SMILES string of the molecule is CCOC(=O)c1c(C)n(Cc2ccccc2)c2ccc(OC[C@@H](O)Cn3c(C)nc4ccccc43)cc12. The van der Waals surface area contributed by atoms with Gasteiger partial charge in [-0.3, -0.25) is 0 Å². The van der Waals surface area contributed by atoms with Gasteiger partial charge in [0.15, 0.2) is 0 Å². The Bertz CT molecular complexity index is 1550. The highest BCUT2D eigenvalue weighted by molar-refractivity contribution is 6.06. The van der Waals surface area contributed by atoms with Crippen LogP contribution in [0.3, 0.4) is 0 Å². The number of hydrogen-bond donors (Lipinski definition) is 1. The van der Waals surface area contributed by atoms with Gasteiger partial charge in [-0.15, -0.1) is 0 Å². The van der Waals surface area contributed by atoms with Crippen LogP contribution in [-0.2, 0) is 17.8 Å². The predicted octanol–water partition coefficient (Wildman–Crippen LogP) is 5.27. The van der Waals surface area contributed by atoms with Gasteiger partial charge in [0.1, 0.15) is 24.3 Å². The molecule has 190 valence electrons. The minimum Gasteiger partial charge on any atom is -0.491 e. The second-order valence-electron chi connectivity index (χ2n) is 9.15. The molecule has 1 N–H and O–H groups in total. The summed E-state index contributed by atoms with van der Waals surface area (Å²) in [5, 5.41) is 11.5. The number of aliphatic hydroxyl groups excluding tert-OH is 1. The molecule has 0 spiro atoms. The van der Waals surface area contributed by atoms with E-state index in [1.54, 1.807) is 6.92 Å². The van der Waals surface area contributed by atoms with E-state index in [4.69, 9.17) is 9.47 Å². The third-order valence-corrected chi connectivity index (χ3v) is 6.64. The average Bonchev–Trinajstić information content (AvgIpc) is 3.36. The predicted molar refractivity (Wildman–Crippen MR) is 144 cm³/mol. The lowest BCUT2D eigenvalue weighted by Gasteiger charge is -2.15. The van der Waals surface area contributed by atoms with Crippen molar-refractivity contribution in [2.24, 2.45) is 0 Å². The molecule has 7 heteroatoms. The fourth-order valence-electron chi connectivity index (χ4n) is 4.86. The number of fused-ring (bicyclic) bond motifs is 2. The zero-order valence-electron chi connectivity index (χ0n) is 21.3. The van der Waals surface area contributed by atoms with Crippen LogP contribution in [-0.4, -0.2) is 44.5 Å². The van der Waals surface area contributed by atoms with E-state index < -0.39 is 6.10 Å². The minimum absolute atomic E-state index is 0.107. The number of benzene rings is 3. The van der Waals surface area contributed by atoms with Crippen LogP contribution in [0.1, 0.15) is 34.4 Å². The van der Waals surface area contributed by atoms with Crippen LogP contribution in [0.15, 0.2) is 72.8 Å². The topological polar surface area (TPSA) is 78.5 Å². The number of aliphatic hydroxyl groups is 1. The molecule has 0 aliphatic rings. The average molecular weight is 498 g/mol. The fourth-order valence-corrected chi connectivity index (χ4v) is 4.86. The molecule has 1 atom stereocenters.